The molecule has 0 saturated heterocycles. The molecule has 4 N–H and O–H groups in total. The van der Waals surface area contributed by atoms with Crippen LogP contribution in [-0.4, -0.2) is 23.0 Å². The van der Waals surface area contributed by atoms with Gasteiger partial charge in [0, 0.05) is 23.1 Å². The second-order valence-electron chi connectivity index (χ2n) is 4.95. The van der Waals surface area contributed by atoms with E-state index in [9.17, 15) is 4.79 Å². The fourth-order valence-corrected chi connectivity index (χ4v) is 2.17. The molecule has 2 aromatic rings. The molecular formula is C14H17N3O. The molecule has 1 amide bonds. The largest absolute Gasteiger partial charge is 0.361 e. The summed E-state index contributed by atoms with van der Waals surface area (Å²) in [6.07, 6.45) is 4.69. The van der Waals surface area contributed by atoms with Crippen LogP contribution in [0, 0.1) is 0 Å². The highest BCUT2D eigenvalue weighted by atomic mass is 16.2. The van der Waals surface area contributed by atoms with E-state index in [1.165, 1.54) is 0 Å². The Kier molecular flexibility index (Phi) is 2.80. The van der Waals surface area contributed by atoms with Gasteiger partial charge < -0.3 is 16.0 Å². The molecule has 0 unspecified atom stereocenters. The summed E-state index contributed by atoms with van der Waals surface area (Å²) >= 11 is 0. The zero-order valence-electron chi connectivity index (χ0n) is 10.1. The van der Waals surface area contributed by atoms with Gasteiger partial charge in [0.2, 0.25) is 5.91 Å². The first-order valence-electron chi connectivity index (χ1n) is 6.35. The predicted octanol–water partition coefficient (Wildman–Crippen LogP) is 1.32. The molecule has 0 bridgehead atoms. The van der Waals surface area contributed by atoms with Gasteiger partial charge in [-0.2, -0.15) is 0 Å². The Bertz CT molecular complexity index is 571. The lowest BCUT2D eigenvalue weighted by Gasteiger charge is -2.11. The molecule has 0 aliphatic heterocycles. The second kappa shape index (κ2) is 4.46. The lowest BCUT2D eigenvalue weighted by molar-refractivity contribution is -0.122. The van der Waals surface area contributed by atoms with Crippen LogP contribution in [0.5, 0.6) is 0 Å². The van der Waals surface area contributed by atoms with Crippen molar-refractivity contribution in [1.82, 2.24) is 10.3 Å². The van der Waals surface area contributed by atoms with Gasteiger partial charge in [-0.3, -0.25) is 4.79 Å². The van der Waals surface area contributed by atoms with E-state index in [-0.39, 0.29) is 5.91 Å². The Morgan fingerprint density at radius 1 is 1.44 bits per heavy atom. The molecule has 4 heteroatoms. The van der Waals surface area contributed by atoms with Crippen molar-refractivity contribution in [3.05, 3.63) is 36.0 Å². The molecule has 1 fully saturated rings. The number of H-pyrrole nitrogens is 1. The zero-order valence-corrected chi connectivity index (χ0v) is 10.1. The molecule has 1 aliphatic carbocycles. The number of carbonyl (C=O) groups is 1. The van der Waals surface area contributed by atoms with Crippen molar-refractivity contribution >= 4 is 16.8 Å². The average molecular weight is 243 g/mol. The maximum Gasteiger partial charge on any atom is 0.237 e. The van der Waals surface area contributed by atoms with Crippen LogP contribution in [-0.2, 0) is 11.2 Å². The summed E-state index contributed by atoms with van der Waals surface area (Å²) in [5.74, 6) is -0.0391. The Hall–Kier alpha value is -1.81. The lowest BCUT2D eigenvalue weighted by atomic mass is 10.1. The van der Waals surface area contributed by atoms with Gasteiger partial charge in [-0.05, 0) is 30.9 Å². The summed E-state index contributed by atoms with van der Waals surface area (Å²) in [5, 5.41) is 4.09. The van der Waals surface area contributed by atoms with Crippen molar-refractivity contribution in [3.8, 4) is 0 Å². The maximum atomic E-state index is 11.8. The third kappa shape index (κ3) is 2.24. The molecule has 4 nitrogen and oxygen atoms in total. The van der Waals surface area contributed by atoms with Gasteiger partial charge in [0.15, 0.2) is 0 Å². The number of benzene rings is 1. The Labute approximate surface area is 106 Å². The molecule has 1 aromatic carbocycles. The minimum Gasteiger partial charge on any atom is -0.361 e. The smallest absolute Gasteiger partial charge is 0.237 e. The van der Waals surface area contributed by atoms with E-state index in [4.69, 9.17) is 5.73 Å². The van der Waals surface area contributed by atoms with E-state index in [2.05, 4.69) is 10.3 Å². The highest BCUT2D eigenvalue weighted by molar-refractivity contribution is 5.86. The van der Waals surface area contributed by atoms with Gasteiger partial charge in [0.05, 0.1) is 6.04 Å². The van der Waals surface area contributed by atoms with Crippen molar-refractivity contribution in [1.29, 1.82) is 0 Å². The van der Waals surface area contributed by atoms with Crippen LogP contribution in [0.1, 0.15) is 18.4 Å². The van der Waals surface area contributed by atoms with Crippen molar-refractivity contribution in [2.24, 2.45) is 5.73 Å². The molecular weight excluding hydrogens is 226 g/mol. The van der Waals surface area contributed by atoms with Crippen LogP contribution in [0.25, 0.3) is 10.9 Å². The summed E-state index contributed by atoms with van der Waals surface area (Å²) in [6.45, 7) is 0. The number of fused-ring (bicyclic) bond motifs is 1. The number of nitrogens with one attached hydrogen (secondary N) is 2. The quantitative estimate of drug-likeness (QED) is 0.757. The second-order valence-corrected chi connectivity index (χ2v) is 4.95. The van der Waals surface area contributed by atoms with Gasteiger partial charge in [-0.15, -0.1) is 0 Å². The van der Waals surface area contributed by atoms with E-state index in [1.54, 1.807) is 0 Å². The molecule has 1 aromatic heterocycles. The van der Waals surface area contributed by atoms with E-state index in [0.717, 1.165) is 29.3 Å². The Morgan fingerprint density at radius 2 is 2.22 bits per heavy atom. The number of hydrogen-bond acceptors (Lipinski definition) is 2. The normalized spacial score (nSPS) is 16.7. The first kappa shape index (κ1) is 11.3. The summed E-state index contributed by atoms with van der Waals surface area (Å²) < 4.78 is 0. The lowest BCUT2D eigenvalue weighted by Crippen LogP contribution is -2.42. The monoisotopic (exact) mass is 243 g/mol. The van der Waals surface area contributed by atoms with Crippen LogP contribution in [0.4, 0.5) is 0 Å². The van der Waals surface area contributed by atoms with Gasteiger partial charge >= 0.3 is 0 Å². The number of aromatic nitrogens is 1. The number of para-hydroxylation sites is 1. The Balaban J connectivity index is 1.72. The van der Waals surface area contributed by atoms with Crippen LogP contribution in [0.3, 0.4) is 0 Å². The Morgan fingerprint density at radius 3 is 3.00 bits per heavy atom. The summed E-state index contributed by atoms with van der Waals surface area (Å²) in [6, 6.07) is 7.95. The van der Waals surface area contributed by atoms with E-state index < -0.39 is 6.04 Å². The summed E-state index contributed by atoms with van der Waals surface area (Å²) in [4.78, 5) is 15.0. The summed E-state index contributed by atoms with van der Waals surface area (Å²) in [5.41, 5.74) is 8.14. The van der Waals surface area contributed by atoms with Crippen molar-refractivity contribution in [2.45, 2.75) is 31.3 Å². The third-order valence-corrected chi connectivity index (χ3v) is 3.38. The first-order chi connectivity index (χ1) is 8.74. The molecule has 0 radical (unpaired) electrons. The number of hydrogen-bond donors (Lipinski definition) is 3. The highest BCUT2D eigenvalue weighted by Gasteiger charge is 2.26. The van der Waals surface area contributed by atoms with E-state index in [0.29, 0.717) is 12.5 Å². The first-order valence-corrected chi connectivity index (χ1v) is 6.35. The SMILES string of the molecule is N[C@@H](Cc1c[nH]c2ccccc12)C(=O)NC1CC1. The maximum absolute atomic E-state index is 11.8. The fourth-order valence-electron chi connectivity index (χ4n) is 2.17. The van der Waals surface area contributed by atoms with Crippen LogP contribution in [0.2, 0.25) is 0 Å². The highest BCUT2D eigenvalue weighted by Crippen LogP contribution is 2.20. The standard InChI is InChI=1S/C14H17N3O/c15-12(14(18)17-10-5-6-10)7-9-8-16-13-4-2-1-3-11(9)13/h1-4,8,10,12,16H,5-7,15H2,(H,17,18)/t12-/m0/s1. The molecule has 3 rings (SSSR count). The van der Waals surface area contributed by atoms with Gasteiger partial charge in [0.25, 0.3) is 0 Å². The van der Waals surface area contributed by atoms with Crippen LogP contribution < -0.4 is 11.1 Å². The number of rotatable bonds is 4. The molecule has 1 heterocycles. The fraction of sp³-hybridized carbons (Fsp3) is 0.357. The molecule has 1 aliphatic rings. The molecule has 1 atom stereocenters. The molecule has 18 heavy (non-hydrogen) atoms. The number of nitrogens with two attached hydrogens (primary N) is 1. The molecule has 1 saturated carbocycles. The van der Waals surface area contributed by atoms with Crippen LogP contribution in [0.15, 0.2) is 30.5 Å². The summed E-state index contributed by atoms with van der Waals surface area (Å²) in [7, 11) is 0. The van der Waals surface area contributed by atoms with E-state index >= 15 is 0 Å². The minimum absolute atomic E-state index is 0.0391. The minimum atomic E-state index is -0.468. The van der Waals surface area contributed by atoms with E-state index in [1.807, 2.05) is 30.5 Å². The van der Waals surface area contributed by atoms with Crippen molar-refractivity contribution in [3.63, 3.8) is 0 Å². The number of carbonyl (C=O) groups excluding carboxylic acids is 1. The topological polar surface area (TPSA) is 70.9 Å². The number of amides is 1. The van der Waals surface area contributed by atoms with Gasteiger partial charge in [-0.25, -0.2) is 0 Å². The number of aromatic amines is 1. The van der Waals surface area contributed by atoms with Crippen molar-refractivity contribution < 1.29 is 4.79 Å². The zero-order chi connectivity index (χ0) is 12.5. The van der Waals surface area contributed by atoms with Crippen molar-refractivity contribution in [2.75, 3.05) is 0 Å². The predicted molar refractivity (Wildman–Crippen MR) is 71.1 cm³/mol. The third-order valence-electron chi connectivity index (χ3n) is 3.38. The average Bonchev–Trinajstić information content (AvgIpc) is 3.10. The van der Waals surface area contributed by atoms with Crippen LogP contribution >= 0.6 is 0 Å². The molecule has 94 valence electrons. The molecule has 0 spiro atoms. The van der Waals surface area contributed by atoms with Gasteiger partial charge in [0.1, 0.15) is 0 Å². The van der Waals surface area contributed by atoms with Gasteiger partial charge in [-0.1, -0.05) is 18.2 Å².